The largest absolute Gasteiger partial charge is 0.508 e. The lowest BCUT2D eigenvalue weighted by Crippen LogP contribution is -2.44. The van der Waals surface area contributed by atoms with E-state index in [1.807, 2.05) is 11.9 Å². The maximum absolute atomic E-state index is 11.8. The lowest BCUT2D eigenvalue weighted by Gasteiger charge is -2.29. The second-order valence-electron chi connectivity index (χ2n) is 4.37. The number of benzene rings is 1. The molecule has 17 heavy (non-hydrogen) atoms. The number of aromatic hydroxyl groups is 1. The number of amides is 1. The number of hydrazine groups is 1. The van der Waals surface area contributed by atoms with Gasteiger partial charge in [-0.2, -0.15) is 0 Å². The van der Waals surface area contributed by atoms with Crippen molar-refractivity contribution in [1.29, 1.82) is 0 Å². The molecule has 1 aromatic carbocycles. The molecule has 92 valence electrons. The minimum atomic E-state index is 0.000657. The summed E-state index contributed by atoms with van der Waals surface area (Å²) in [5.41, 5.74) is 6.45. The van der Waals surface area contributed by atoms with E-state index in [9.17, 15) is 9.90 Å². The van der Waals surface area contributed by atoms with E-state index in [4.69, 9.17) is 5.73 Å². The Labute approximate surface area is 100 Å². The first-order chi connectivity index (χ1) is 8.08. The number of carbonyl (C=O) groups is 1. The number of carbonyl (C=O) groups excluding carboxylic acids is 1. The number of hydrogen-bond donors (Lipinski definition) is 2. The van der Waals surface area contributed by atoms with Crippen molar-refractivity contribution in [1.82, 2.24) is 5.01 Å². The SMILES string of the molecule is CC(N)CN1CCC(=O)N1c1cccc(O)c1. The van der Waals surface area contributed by atoms with E-state index in [0.29, 0.717) is 25.2 Å². The first-order valence-corrected chi connectivity index (χ1v) is 5.70. The smallest absolute Gasteiger partial charge is 0.242 e. The molecule has 1 unspecified atom stereocenters. The Bertz CT molecular complexity index is 420. The van der Waals surface area contributed by atoms with Gasteiger partial charge in [-0.1, -0.05) is 6.07 Å². The zero-order chi connectivity index (χ0) is 12.4. The van der Waals surface area contributed by atoms with Crippen molar-refractivity contribution in [2.75, 3.05) is 18.1 Å². The van der Waals surface area contributed by atoms with Crippen molar-refractivity contribution in [3.63, 3.8) is 0 Å². The maximum atomic E-state index is 11.8. The average Bonchev–Trinajstić information content (AvgIpc) is 2.59. The minimum Gasteiger partial charge on any atom is -0.508 e. The van der Waals surface area contributed by atoms with E-state index in [-0.39, 0.29) is 17.7 Å². The molecule has 0 bridgehead atoms. The third-order valence-corrected chi connectivity index (χ3v) is 2.68. The quantitative estimate of drug-likeness (QED) is 0.809. The monoisotopic (exact) mass is 235 g/mol. The van der Waals surface area contributed by atoms with Gasteiger partial charge in [-0.15, -0.1) is 0 Å². The van der Waals surface area contributed by atoms with Crippen molar-refractivity contribution >= 4 is 11.6 Å². The third kappa shape index (κ3) is 2.57. The van der Waals surface area contributed by atoms with E-state index in [2.05, 4.69) is 0 Å². The highest BCUT2D eigenvalue weighted by Crippen LogP contribution is 2.25. The van der Waals surface area contributed by atoms with E-state index < -0.39 is 0 Å². The molecule has 3 N–H and O–H groups in total. The van der Waals surface area contributed by atoms with Crippen LogP contribution in [0, 0.1) is 0 Å². The van der Waals surface area contributed by atoms with Crippen LogP contribution in [0.3, 0.4) is 0 Å². The van der Waals surface area contributed by atoms with Crippen molar-refractivity contribution < 1.29 is 9.90 Å². The molecule has 1 aliphatic rings. The van der Waals surface area contributed by atoms with Crippen LogP contribution in [0.2, 0.25) is 0 Å². The fourth-order valence-corrected chi connectivity index (χ4v) is 2.03. The van der Waals surface area contributed by atoms with Gasteiger partial charge in [0.05, 0.1) is 5.69 Å². The van der Waals surface area contributed by atoms with Gasteiger partial charge in [-0.05, 0) is 19.1 Å². The summed E-state index contributed by atoms with van der Waals surface area (Å²) in [4.78, 5) is 11.8. The van der Waals surface area contributed by atoms with Crippen molar-refractivity contribution in [3.05, 3.63) is 24.3 Å². The molecule has 1 fully saturated rings. The molecule has 0 radical (unpaired) electrons. The normalized spacial score (nSPS) is 18.7. The number of phenolic OH excluding ortho intramolecular Hbond substituents is 1. The Morgan fingerprint density at radius 1 is 1.53 bits per heavy atom. The van der Waals surface area contributed by atoms with E-state index in [1.165, 1.54) is 0 Å². The first-order valence-electron chi connectivity index (χ1n) is 5.70. The fourth-order valence-electron chi connectivity index (χ4n) is 2.03. The lowest BCUT2D eigenvalue weighted by molar-refractivity contribution is -0.118. The van der Waals surface area contributed by atoms with E-state index in [0.717, 1.165) is 0 Å². The van der Waals surface area contributed by atoms with Gasteiger partial charge in [-0.25, -0.2) is 10.0 Å². The highest BCUT2D eigenvalue weighted by atomic mass is 16.3. The van der Waals surface area contributed by atoms with Crippen LogP contribution in [0.4, 0.5) is 5.69 Å². The summed E-state index contributed by atoms with van der Waals surface area (Å²) in [5, 5.41) is 13.0. The fraction of sp³-hybridized carbons (Fsp3) is 0.417. The van der Waals surface area contributed by atoms with Gasteiger partial charge in [0.2, 0.25) is 5.91 Å². The molecule has 0 aromatic heterocycles. The van der Waals surface area contributed by atoms with Gasteiger partial charge in [0.1, 0.15) is 5.75 Å². The van der Waals surface area contributed by atoms with Gasteiger partial charge in [0.15, 0.2) is 0 Å². The molecule has 0 aliphatic carbocycles. The number of nitrogens with two attached hydrogens (primary N) is 1. The van der Waals surface area contributed by atoms with E-state index in [1.54, 1.807) is 29.3 Å². The standard InChI is InChI=1S/C12H17N3O2/c1-9(13)8-14-6-5-12(17)15(14)10-3-2-4-11(16)7-10/h2-4,7,9,16H,5-6,8,13H2,1H3. The van der Waals surface area contributed by atoms with Crippen molar-refractivity contribution in [3.8, 4) is 5.75 Å². The summed E-state index contributed by atoms with van der Waals surface area (Å²) < 4.78 is 0. The Kier molecular flexibility index (Phi) is 3.31. The Hall–Kier alpha value is -1.59. The van der Waals surface area contributed by atoms with Gasteiger partial charge >= 0.3 is 0 Å². The van der Waals surface area contributed by atoms with Crippen LogP contribution in [-0.4, -0.2) is 35.2 Å². The number of nitrogens with zero attached hydrogens (tertiary/aromatic N) is 2. The molecule has 1 aliphatic heterocycles. The summed E-state index contributed by atoms with van der Waals surface area (Å²) in [6.07, 6.45) is 0.488. The van der Waals surface area contributed by atoms with Crippen molar-refractivity contribution in [2.45, 2.75) is 19.4 Å². The van der Waals surface area contributed by atoms with Crippen LogP contribution < -0.4 is 10.7 Å². The Morgan fingerprint density at radius 3 is 2.94 bits per heavy atom. The van der Waals surface area contributed by atoms with Crippen LogP contribution in [0.15, 0.2) is 24.3 Å². The molecular formula is C12H17N3O2. The molecule has 5 nitrogen and oxygen atoms in total. The molecule has 1 heterocycles. The van der Waals surface area contributed by atoms with Crippen LogP contribution in [0.5, 0.6) is 5.75 Å². The predicted octanol–water partition coefficient (Wildman–Crippen LogP) is 0.693. The Balaban J connectivity index is 2.24. The molecule has 1 atom stereocenters. The summed E-state index contributed by atoms with van der Waals surface area (Å²) in [5.74, 6) is 0.194. The topological polar surface area (TPSA) is 69.8 Å². The van der Waals surface area contributed by atoms with Crippen LogP contribution in [0.25, 0.3) is 0 Å². The van der Waals surface area contributed by atoms with Crippen LogP contribution >= 0.6 is 0 Å². The average molecular weight is 235 g/mol. The number of phenols is 1. The predicted molar refractivity (Wildman–Crippen MR) is 65.4 cm³/mol. The van der Waals surface area contributed by atoms with Gasteiger partial charge in [0, 0.05) is 31.6 Å². The highest BCUT2D eigenvalue weighted by molar-refractivity contribution is 5.94. The maximum Gasteiger partial charge on any atom is 0.242 e. The molecule has 0 spiro atoms. The summed E-state index contributed by atoms with van der Waals surface area (Å²) in [6.45, 7) is 3.21. The first kappa shape index (κ1) is 11.9. The molecular weight excluding hydrogens is 218 g/mol. The Morgan fingerprint density at radius 2 is 2.29 bits per heavy atom. The number of rotatable bonds is 3. The van der Waals surface area contributed by atoms with Crippen LogP contribution in [0.1, 0.15) is 13.3 Å². The molecule has 5 heteroatoms. The van der Waals surface area contributed by atoms with Gasteiger partial charge in [0.25, 0.3) is 0 Å². The molecule has 1 aromatic rings. The minimum absolute atomic E-state index is 0.000657. The zero-order valence-corrected chi connectivity index (χ0v) is 9.84. The summed E-state index contributed by atoms with van der Waals surface area (Å²) in [6, 6.07) is 6.69. The number of hydrogen-bond acceptors (Lipinski definition) is 4. The third-order valence-electron chi connectivity index (χ3n) is 2.68. The van der Waals surface area contributed by atoms with Gasteiger partial charge in [-0.3, -0.25) is 4.79 Å². The lowest BCUT2D eigenvalue weighted by atomic mass is 10.3. The molecule has 0 saturated carbocycles. The molecule has 1 saturated heterocycles. The van der Waals surface area contributed by atoms with E-state index >= 15 is 0 Å². The second kappa shape index (κ2) is 4.73. The zero-order valence-electron chi connectivity index (χ0n) is 9.84. The van der Waals surface area contributed by atoms with Crippen LogP contribution in [-0.2, 0) is 4.79 Å². The van der Waals surface area contributed by atoms with Crippen molar-refractivity contribution in [2.24, 2.45) is 5.73 Å². The molecule has 2 rings (SSSR count). The van der Waals surface area contributed by atoms with Gasteiger partial charge < -0.3 is 10.8 Å². The summed E-state index contributed by atoms with van der Waals surface area (Å²) >= 11 is 0. The molecule has 1 amide bonds. The summed E-state index contributed by atoms with van der Waals surface area (Å²) in [7, 11) is 0. The second-order valence-corrected chi connectivity index (χ2v) is 4.37. The highest BCUT2D eigenvalue weighted by Gasteiger charge is 2.30. The number of anilines is 1.